The number of carbonyl (C=O) groups is 3. The number of hydrogen-bond donors (Lipinski definition) is 2. The Bertz CT molecular complexity index is 836. The lowest BCUT2D eigenvalue weighted by atomic mass is 10.2. The molecule has 0 unspecified atom stereocenters. The molecule has 3 rings (SSSR count). The first-order chi connectivity index (χ1) is 12.5. The maximum Gasteiger partial charge on any atom is 0.244 e. The van der Waals surface area contributed by atoms with Crippen LogP contribution in [0.15, 0.2) is 53.4 Å². The van der Waals surface area contributed by atoms with E-state index in [1.807, 2.05) is 24.3 Å². The molecule has 0 atom stereocenters. The summed E-state index contributed by atoms with van der Waals surface area (Å²) in [7, 11) is 0. The fraction of sp³-hybridized carbons (Fsp3) is 0.211. The quantitative estimate of drug-likeness (QED) is 0.868. The van der Waals surface area contributed by atoms with E-state index in [2.05, 4.69) is 10.6 Å². The molecule has 0 spiro atoms. The first-order valence-electron chi connectivity index (χ1n) is 8.22. The van der Waals surface area contributed by atoms with Crippen molar-refractivity contribution in [1.82, 2.24) is 0 Å². The molecule has 2 aromatic rings. The van der Waals surface area contributed by atoms with Crippen LogP contribution in [0.4, 0.5) is 17.1 Å². The van der Waals surface area contributed by atoms with Crippen LogP contribution in [-0.4, -0.2) is 30.0 Å². The summed E-state index contributed by atoms with van der Waals surface area (Å²) in [5.74, 6) is 0.224. The van der Waals surface area contributed by atoms with Crippen LogP contribution in [0.25, 0.3) is 0 Å². The lowest BCUT2D eigenvalue weighted by molar-refractivity contribution is -0.121. The molecule has 6 nitrogen and oxygen atoms in total. The zero-order valence-electron chi connectivity index (χ0n) is 14.3. The van der Waals surface area contributed by atoms with Crippen molar-refractivity contribution >= 4 is 46.5 Å². The molecule has 3 amide bonds. The number of rotatable bonds is 4. The standard InChI is InChI=1S/C19H19N3O3S/c1-13(23)20-14-6-8-15(9-7-14)21-18(24)12-22-16-4-2-3-5-17(16)26-11-10-19(22)25/h2-9H,10-12H2,1H3,(H,20,23)(H,21,24). The molecule has 7 heteroatoms. The Morgan fingerprint density at radius 1 is 1.04 bits per heavy atom. The minimum Gasteiger partial charge on any atom is -0.326 e. The Morgan fingerprint density at radius 3 is 2.38 bits per heavy atom. The van der Waals surface area contributed by atoms with Gasteiger partial charge >= 0.3 is 0 Å². The van der Waals surface area contributed by atoms with Gasteiger partial charge in [0.05, 0.1) is 5.69 Å². The smallest absolute Gasteiger partial charge is 0.244 e. The average molecular weight is 369 g/mol. The lowest BCUT2D eigenvalue weighted by Gasteiger charge is -2.22. The van der Waals surface area contributed by atoms with Gasteiger partial charge in [0.15, 0.2) is 0 Å². The van der Waals surface area contributed by atoms with Crippen LogP contribution in [-0.2, 0) is 14.4 Å². The SMILES string of the molecule is CC(=O)Nc1ccc(NC(=O)CN2C(=O)CCSc3ccccc32)cc1. The second-order valence-corrected chi connectivity index (χ2v) is 6.99. The van der Waals surface area contributed by atoms with Gasteiger partial charge < -0.3 is 15.5 Å². The van der Waals surface area contributed by atoms with Crippen LogP contribution in [0.5, 0.6) is 0 Å². The summed E-state index contributed by atoms with van der Waals surface area (Å²) in [6.45, 7) is 1.40. The highest BCUT2D eigenvalue weighted by molar-refractivity contribution is 7.99. The Balaban J connectivity index is 1.69. The van der Waals surface area contributed by atoms with Crippen molar-refractivity contribution in [1.29, 1.82) is 0 Å². The molecule has 1 aliphatic heterocycles. The first kappa shape index (κ1) is 18.0. The van der Waals surface area contributed by atoms with Crippen LogP contribution in [0.1, 0.15) is 13.3 Å². The molecule has 0 radical (unpaired) electrons. The van der Waals surface area contributed by atoms with Crippen LogP contribution in [0.3, 0.4) is 0 Å². The fourth-order valence-electron chi connectivity index (χ4n) is 2.68. The molecule has 0 aliphatic carbocycles. The number of nitrogens with one attached hydrogen (secondary N) is 2. The van der Waals surface area contributed by atoms with Gasteiger partial charge in [-0.25, -0.2) is 0 Å². The molecule has 0 bridgehead atoms. The maximum atomic E-state index is 12.4. The molecule has 0 saturated carbocycles. The number of thioether (sulfide) groups is 1. The summed E-state index contributed by atoms with van der Waals surface area (Å²) >= 11 is 1.63. The zero-order valence-corrected chi connectivity index (χ0v) is 15.1. The number of nitrogens with zero attached hydrogens (tertiary/aromatic N) is 1. The molecular formula is C19H19N3O3S. The van der Waals surface area contributed by atoms with Gasteiger partial charge in [-0.15, -0.1) is 11.8 Å². The third kappa shape index (κ3) is 4.43. The topological polar surface area (TPSA) is 78.5 Å². The predicted molar refractivity (Wildman–Crippen MR) is 104 cm³/mol. The molecule has 1 heterocycles. The van der Waals surface area contributed by atoms with Crippen molar-refractivity contribution in [2.24, 2.45) is 0 Å². The molecule has 26 heavy (non-hydrogen) atoms. The number of fused-ring (bicyclic) bond motifs is 1. The number of anilines is 3. The fourth-order valence-corrected chi connectivity index (χ4v) is 3.67. The zero-order chi connectivity index (χ0) is 18.5. The van der Waals surface area contributed by atoms with Crippen LogP contribution in [0, 0.1) is 0 Å². The average Bonchev–Trinajstić information content (AvgIpc) is 2.76. The van der Waals surface area contributed by atoms with Crippen LogP contribution < -0.4 is 15.5 Å². The summed E-state index contributed by atoms with van der Waals surface area (Å²) in [5, 5.41) is 5.46. The van der Waals surface area contributed by atoms with Gasteiger partial charge in [-0.2, -0.15) is 0 Å². The summed E-state index contributed by atoms with van der Waals surface area (Å²) in [6, 6.07) is 14.4. The van der Waals surface area contributed by atoms with E-state index in [0.717, 1.165) is 10.6 Å². The summed E-state index contributed by atoms with van der Waals surface area (Å²) in [6.07, 6.45) is 0.401. The molecule has 0 saturated heterocycles. The van der Waals surface area contributed by atoms with Crippen molar-refractivity contribution in [3.63, 3.8) is 0 Å². The van der Waals surface area contributed by atoms with Gasteiger partial charge in [0.2, 0.25) is 17.7 Å². The van der Waals surface area contributed by atoms with Gasteiger partial charge in [0, 0.05) is 35.4 Å². The minimum absolute atomic E-state index is 0.0378. The van der Waals surface area contributed by atoms with Gasteiger partial charge in [-0.1, -0.05) is 12.1 Å². The summed E-state index contributed by atoms with van der Waals surface area (Å²) in [5.41, 5.74) is 2.04. The number of para-hydroxylation sites is 1. The van der Waals surface area contributed by atoms with E-state index in [-0.39, 0.29) is 24.3 Å². The molecule has 0 fully saturated rings. The van der Waals surface area contributed by atoms with Crippen molar-refractivity contribution in [2.45, 2.75) is 18.2 Å². The molecular weight excluding hydrogens is 350 g/mol. The maximum absolute atomic E-state index is 12.4. The number of amides is 3. The van der Waals surface area contributed by atoms with Gasteiger partial charge in [0.1, 0.15) is 6.54 Å². The van der Waals surface area contributed by atoms with Crippen molar-refractivity contribution < 1.29 is 14.4 Å². The Labute approximate surface area is 156 Å². The van der Waals surface area contributed by atoms with Crippen LogP contribution >= 0.6 is 11.8 Å². The predicted octanol–water partition coefficient (Wildman–Crippen LogP) is 3.11. The Morgan fingerprint density at radius 2 is 1.69 bits per heavy atom. The lowest BCUT2D eigenvalue weighted by Crippen LogP contribution is -2.37. The number of hydrogen-bond acceptors (Lipinski definition) is 4. The second-order valence-electron chi connectivity index (χ2n) is 5.85. The van der Waals surface area contributed by atoms with E-state index >= 15 is 0 Å². The number of carbonyl (C=O) groups excluding carboxylic acids is 3. The van der Waals surface area contributed by atoms with Crippen molar-refractivity contribution in [3.8, 4) is 0 Å². The largest absolute Gasteiger partial charge is 0.326 e. The molecule has 2 aromatic carbocycles. The molecule has 0 aromatic heterocycles. The summed E-state index contributed by atoms with van der Waals surface area (Å²) < 4.78 is 0. The third-order valence-electron chi connectivity index (χ3n) is 3.82. The van der Waals surface area contributed by atoms with E-state index < -0.39 is 0 Å². The van der Waals surface area contributed by atoms with E-state index in [1.54, 1.807) is 36.0 Å². The molecule has 1 aliphatic rings. The Hall–Kier alpha value is -2.80. The van der Waals surface area contributed by atoms with Crippen molar-refractivity contribution in [2.75, 3.05) is 27.8 Å². The summed E-state index contributed by atoms with van der Waals surface area (Å²) in [4.78, 5) is 38.4. The first-order valence-corrected chi connectivity index (χ1v) is 9.21. The van der Waals surface area contributed by atoms with E-state index in [0.29, 0.717) is 23.5 Å². The van der Waals surface area contributed by atoms with E-state index in [4.69, 9.17) is 0 Å². The van der Waals surface area contributed by atoms with Gasteiger partial charge in [-0.3, -0.25) is 14.4 Å². The van der Waals surface area contributed by atoms with E-state index in [9.17, 15) is 14.4 Å². The number of benzene rings is 2. The van der Waals surface area contributed by atoms with Crippen LogP contribution in [0.2, 0.25) is 0 Å². The van der Waals surface area contributed by atoms with Crippen molar-refractivity contribution in [3.05, 3.63) is 48.5 Å². The highest BCUT2D eigenvalue weighted by Gasteiger charge is 2.24. The third-order valence-corrected chi connectivity index (χ3v) is 4.89. The molecule has 2 N–H and O–H groups in total. The van der Waals surface area contributed by atoms with Gasteiger partial charge in [0.25, 0.3) is 0 Å². The van der Waals surface area contributed by atoms with Gasteiger partial charge in [-0.05, 0) is 36.4 Å². The highest BCUT2D eigenvalue weighted by atomic mass is 32.2. The van der Waals surface area contributed by atoms with E-state index in [1.165, 1.54) is 11.8 Å². The Kier molecular flexibility index (Phi) is 5.58. The minimum atomic E-state index is -0.271. The monoisotopic (exact) mass is 369 g/mol. The highest BCUT2D eigenvalue weighted by Crippen LogP contribution is 2.33. The second kappa shape index (κ2) is 8.05. The normalized spacial score (nSPS) is 13.6. The molecule has 134 valence electrons.